The smallest absolute Gasteiger partial charge is 0.218 e. The van der Waals surface area contributed by atoms with Gasteiger partial charge in [-0.25, -0.2) is 4.98 Å². The van der Waals surface area contributed by atoms with Crippen molar-refractivity contribution in [2.24, 2.45) is 5.41 Å². The highest BCUT2D eigenvalue weighted by Gasteiger charge is 2.28. The Morgan fingerprint density at radius 1 is 1.30 bits per heavy atom. The van der Waals surface area contributed by atoms with Crippen LogP contribution in [0.5, 0.6) is 5.88 Å². The van der Waals surface area contributed by atoms with Crippen LogP contribution in [0.2, 0.25) is 5.15 Å². The molecule has 0 aromatic carbocycles. The molecule has 0 N–H and O–H groups in total. The van der Waals surface area contributed by atoms with Crippen LogP contribution < -0.4 is 4.74 Å². The van der Waals surface area contributed by atoms with Crippen LogP contribution in [0, 0.1) is 5.41 Å². The van der Waals surface area contributed by atoms with Gasteiger partial charge in [-0.3, -0.25) is 0 Å². The van der Waals surface area contributed by atoms with Gasteiger partial charge in [-0.2, -0.15) is 4.98 Å². The summed E-state index contributed by atoms with van der Waals surface area (Å²) in [6.07, 6.45) is 4.73. The minimum atomic E-state index is 0.230. The molecule has 0 bridgehead atoms. The SMILES string of the molecule is CCOCc1nc(Cl)cc(OC2CCC(C)(C)CC2)n1. The zero-order valence-electron chi connectivity index (χ0n) is 12.5. The summed E-state index contributed by atoms with van der Waals surface area (Å²) in [6, 6.07) is 1.68. The van der Waals surface area contributed by atoms with Gasteiger partial charge in [0.2, 0.25) is 5.88 Å². The molecule has 0 saturated heterocycles. The summed E-state index contributed by atoms with van der Waals surface area (Å²) < 4.78 is 11.3. The molecule has 0 unspecified atom stereocenters. The highest BCUT2D eigenvalue weighted by Crippen LogP contribution is 2.36. The Labute approximate surface area is 125 Å². The summed E-state index contributed by atoms with van der Waals surface area (Å²) in [5, 5.41) is 0.404. The van der Waals surface area contributed by atoms with Crippen molar-refractivity contribution >= 4 is 11.6 Å². The van der Waals surface area contributed by atoms with E-state index in [9.17, 15) is 0 Å². The fourth-order valence-corrected chi connectivity index (χ4v) is 2.61. The molecule has 1 heterocycles. The molecule has 0 radical (unpaired) electrons. The van der Waals surface area contributed by atoms with E-state index in [0.717, 1.165) is 12.8 Å². The van der Waals surface area contributed by atoms with E-state index in [0.29, 0.717) is 35.5 Å². The van der Waals surface area contributed by atoms with Crippen LogP contribution in [0.4, 0.5) is 0 Å². The molecular formula is C15H23ClN2O2. The Hall–Kier alpha value is -0.870. The first-order valence-corrected chi connectivity index (χ1v) is 7.64. The van der Waals surface area contributed by atoms with E-state index in [2.05, 4.69) is 23.8 Å². The molecule has 1 aromatic rings. The molecule has 1 aliphatic carbocycles. The van der Waals surface area contributed by atoms with Gasteiger partial charge in [0, 0.05) is 12.7 Å². The molecule has 20 heavy (non-hydrogen) atoms. The number of nitrogens with zero attached hydrogens (tertiary/aromatic N) is 2. The molecule has 5 heteroatoms. The number of ether oxygens (including phenoxy) is 2. The van der Waals surface area contributed by atoms with Gasteiger partial charge < -0.3 is 9.47 Å². The zero-order chi connectivity index (χ0) is 14.6. The van der Waals surface area contributed by atoms with Crippen molar-refractivity contribution in [3.8, 4) is 5.88 Å². The number of halogens is 1. The molecule has 2 rings (SSSR count). The molecule has 0 spiro atoms. The molecule has 0 amide bonds. The summed E-state index contributed by atoms with van der Waals surface area (Å²) in [5.74, 6) is 1.13. The predicted molar refractivity (Wildman–Crippen MR) is 79.0 cm³/mol. The minimum Gasteiger partial charge on any atom is -0.474 e. The molecule has 0 atom stereocenters. The zero-order valence-corrected chi connectivity index (χ0v) is 13.2. The van der Waals surface area contributed by atoms with Crippen molar-refractivity contribution in [2.75, 3.05) is 6.61 Å². The van der Waals surface area contributed by atoms with Gasteiger partial charge in [0.25, 0.3) is 0 Å². The van der Waals surface area contributed by atoms with Gasteiger partial charge >= 0.3 is 0 Å². The van der Waals surface area contributed by atoms with Gasteiger partial charge in [0.15, 0.2) is 5.82 Å². The van der Waals surface area contributed by atoms with Crippen molar-refractivity contribution < 1.29 is 9.47 Å². The second kappa shape index (κ2) is 6.72. The first kappa shape index (κ1) is 15.5. The molecular weight excluding hydrogens is 276 g/mol. The Kier molecular flexibility index (Phi) is 5.22. The number of hydrogen-bond donors (Lipinski definition) is 0. The van der Waals surface area contributed by atoms with Crippen molar-refractivity contribution in [2.45, 2.75) is 59.2 Å². The van der Waals surface area contributed by atoms with Crippen LogP contribution in [-0.2, 0) is 11.3 Å². The first-order chi connectivity index (χ1) is 9.48. The molecule has 1 fully saturated rings. The quantitative estimate of drug-likeness (QED) is 0.770. The highest BCUT2D eigenvalue weighted by molar-refractivity contribution is 6.29. The van der Waals surface area contributed by atoms with Crippen molar-refractivity contribution in [3.63, 3.8) is 0 Å². The Morgan fingerprint density at radius 2 is 2.00 bits per heavy atom. The van der Waals surface area contributed by atoms with Crippen LogP contribution in [0.15, 0.2) is 6.07 Å². The lowest BCUT2D eigenvalue weighted by Crippen LogP contribution is -2.28. The van der Waals surface area contributed by atoms with Gasteiger partial charge in [-0.15, -0.1) is 0 Å². The molecule has 1 saturated carbocycles. The van der Waals surface area contributed by atoms with Crippen LogP contribution >= 0.6 is 11.6 Å². The standard InChI is InChI=1S/C15H23ClN2O2/c1-4-19-10-13-17-12(16)9-14(18-13)20-11-5-7-15(2,3)8-6-11/h9,11H,4-8,10H2,1-3H3. The minimum absolute atomic E-state index is 0.230. The average molecular weight is 299 g/mol. The third-order valence-electron chi connectivity index (χ3n) is 3.73. The lowest BCUT2D eigenvalue weighted by molar-refractivity contribution is 0.0925. The van der Waals surface area contributed by atoms with Gasteiger partial charge in [0.05, 0.1) is 0 Å². The third-order valence-corrected chi connectivity index (χ3v) is 3.92. The molecule has 1 aromatic heterocycles. The summed E-state index contributed by atoms with van der Waals surface area (Å²) >= 11 is 6.01. The number of aromatic nitrogens is 2. The fourth-order valence-electron chi connectivity index (χ4n) is 2.42. The lowest BCUT2D eigenvalue weighted by Gasteiger charge is -2.34. The van der Waals surface area contributed by atoms with E-state index in [4.69, 9.17) is 21.1 Å². The van der Waals surface area contributed by atoms with E-state index < -0.39 is 0 Å². The third kappa shape index (κ3) is 4.60. The summed E-state index contributed by atoms with van der Waals surface area (Å²) in [4.78, 5) is 8.50. The van der Waals surface area contributed by atoms with E-state index in [1.54, 1.807) is 6.07 Å². The van der Waals surface area contributed by atoms with E-state index in [-0.39, 0.29) is 6.10 Å². The Morgan fingerprint density at radius 3 is 2.65 bits per heavy atom. The highest BCUT2D eigenvalue weighted by atomic mass is 35.5. The van der Waals surface area contributed by atoms with E-state index >= 15 is 0 Å². The number of hydrogen-bond acceptors (Lipinski definition) is 4. The van der Waals surface area contributed by atoms with Crippen molar-refractivity contribution in [3.05, 3.63) is 17.0 Å². The van der Waals surface area contributed by atoms with Gasteiger partial charge in [-0.05, 0) is 38.0 Å². The summed E-state index contributed by atoms with van der Waals surface area (Å²) in [7, 11) is 0. The van der Waals surface area contributed by atoms with Crippen LogP contribution in [0.25, 0.3) is 0 Å². The molecule has 0 aliphatic heterocycles. The first-order valence-electron chi connectivity index (χ1n) is 7.26. The van der Waals surface area contributed by atoms with Crippen molar-refractivity contribution in [1.29, 1.82) is 0 Å². The van der Waals surface area contributed by atoms with Crippen LogP contribution in [0.1, 0.15) is 52.3 Å². The number of rotatable bonds is 5. The van der Waals surface area contributed by atoms with Crippen LogP contribution in [-0.4, -0.2) is 22.7 Å². The molecule has 1 aliphatic rings. The largest absolute Gasteiger partial charge is 0.474 e. The second-order valence-corrected chi connectivity index (χ2v) is 6.45. The summed E-state index contributed by atoms with van der Waals surface area (Å²) in [5.41, 5.74) is 0.434. The maximum Gasteiger partial charge on any atom is 0.218 e. The molecule has 4 nitrogen and oxygen atoms in total. The Balaban J connectivity index is 1.97. The van der Waals surface area contributed by atoms with Gasteiger partial charge in [-0.1, -0.05) is 25.4 Å². The maximum atomic E-state index is 6.01. The maximum absolute atomic E-state index is 6.01. The topological polar surface area (TPSA) is 44.2 Å². The normalized spacial score (nSPS) is 19.0. The lowest BCUT2D eigenvalue weighted by atomic mass is 9.76. The average Bonchev–Trinajstić information content (AvgIpc) is 2.38. The summed E-state index contributed by atoms with van der Waals surface area (Å²) in [6.45, 7) is 7.55. The predicted octanol–water partition coefficient (Wildman–Crippen LogP) is 4.01. The van der Waals surface area contributed by atoms with E-state index in [1.165, 1.54) is 12.8 Å². The monoisotopic (exact) mass is 298 g/mol. The fraction of sp³-hybridized carbons (Fsp3) is 0.733. The molecule has 112 valence electrons. The van der Waals surface area contributed by atoms with Gasteiger partial charge in [0.1, 0.15) is 17.9 Å². The Bertz CT molecular complexity index is 441. The van der Waals surface area contributed by atoms with E-state index in [1.807, 2.05) is 6.92 Å². The van der Waals surface area contributed by atoms with Crippen LogP contribution in [0.3, 0.4) is 0 Å². The second-order valence-electron chi connectivity index (χ2n) is 6.06. The van der Waals surface area contributed by atoms with Crippen molar-refractivity contribution in [1.82, 2.24) is 9.97 Å².